The molecule has 0 aliphatic rings. The van der Waals surface area contributed by atoms with Gasteiger partial charge < -0.3 is 15.1 Å². The Morgan fingerprint density at radius 3 is 2.21 bits per heavy atom. The third kappa shape index (κ3) is 5.05. The second kappa shape index (κ2) is 9.54. The molecular weight excluding hydrogens is 491 g/mol. The first-order valence-corrected chi connectivity index (χ1v) is 12.9. The fraction of sp³-hybridized carbons (Fsp3) is 0.194. The van der Waals surface area contributed by atoms with E-state index in [4.69, 9.17) is 19.5 Å². The van der Waals surface area contributed by atoms with Gasteiger partial charge in [-0.3, -0.25) is 0 Å². The number of nitrogens with one attached hydrogen (secondary N) is 2. The summed E-state index contributed by atoms with van der Waals surface area (Å²) in [7, 11) is 0. The zero-order valence-corrected chi connectivity index (χ0v) is 22.3. The Kier molecular flexibility index (Phi) is 6.02. The summed E-state index contributed by atoms with van der Waals surface area (Å²) in [6.45, 7) is 8.63. The van der Waals surface area contributed by atoms with Crippen molar-refractivity contribution >= 4 is 39.3 Å². The summed E-state index contributed by atoms with van der Waals surface area (Å²) in [5.41, 5.74) is 2.76. The highest BCUT2D eigenvalue weighted by Gasteiger charge is 2.22. The number of fused-ring (bicyclic) bond motifs is 2. The molecule has 2 N–H and O–H groups in total. The van der Waals surface area contributed by atoms with Gasteiger partial charge in [0.05, 0.1) is 29.0 Å². The molecule has 0 aliphatic carbocycles. The first kappa shape index (κ1) is 24.6. The van der Waals surface area contributed by atoms with Crippen molar-refractivity contribution in [3.63, 3.8) is 0 Å². The van der Waals surface area contributed by atoms with Crippen LogP contribution in [-0.2, 0) is 12.0 Å². The first-order valence-electron chi connectivity index (χ1n) is 12.9. The molecule has 3 aromatic carbocycles. The molecule has 0 radical (unpaired) electrons. The molecule has 0 fully saturated rings. The summed E-state index contributed by atoms with van der Waals surface area (Å²) < 4.78 is 21.6. The molecule has 0 bridgehead atoms. The molecule has 0 unspecified atom stereocenters. The van der Waals surface area contributed by atoms with E-state index in [1.807, 2.05) is 55.5 Å². The number of nitrogens with zero attached hydrogens (tertiary/aromatic N) is 4. The van der Waals surface area contributed by atoms with Gasteiger partial charge in [-0.25, -0.2) is 19.0 Å². The summed E-state index contributed by atoms with van der Waals surface area (Å²) in [6.07, 6.45) is 0. The SMILES string of the molecule is Cc1ccc(CNc2nc3cc4ccccc4cc3nc2Nc2cc(C(C)(C)C)nn2-c2cccc(F)c2)o1. The van der Waals surface area contributed by atoms with Crippen LogP contribution >= 0.6 is 0 Å². The van der Waals surface area contributed by atoms with E-state index in [1.165, 1.54) is 12.1 Å². The van der Waals surface area contributed by atoms with Gasteiger partial charge in [0.25, 0.3) is 0 Å². The molecule has 0 amide bonds. The van der Waals surface area contributed by atoms with E-state index in [1.54, 1.807) is 10.7 Å². The lowest BCUT2D eigenvalue weighted by molar-refractivity contribution is 0.490. The summed E-state index contributed by atoms with van der Waals surface area (Å²) in [6, 6.07) is 24.4. The Morgan fingerprint density at radius 2 is 1.56 bits per heavy atom. The van der Waals surface area contributed by atoms with Crippen molar-refractivity contribution in [1.29, 1.82) is 0 Å². The van der Waals surface area contributed by atoms with Crippen molar-refractivity contribution < 1.29 is 8.81 Å². The number of anilines is 3. The standard InChI is InChI=1S/C31H29FN6O/c1-19-12-13-24(39-19)18-33-29-30(35-26-15-21-9-6-5-8-20(21)14-25(26)34-29)36-28-17-27(31(2,3)4)37-38(28)23-11-7-10-22(32)16-23/h5-17H,18H2,1-4H3,(H,33,34)(H,35,36). The zero-order chi connectivity index (χ0) is 27.1. The number of hydrogen-bond donors (Lipinski definition) is 2. The smallest absolute Gasteiger partial charge is 0.175 e. The Bertz CT molecular complexity index is 1810. The number of aryl methyl sites for hydroxylation is 1. The second-order valence-electron chi connectivity index (χ2n) is 10.7. The number of furan rings is 1. The topological polar surface area (TPSA) is 80.8 Å². The molecule has 3 heterocycles. The minimum Gasteiger partial charge on any atom is -0.465 e. The van der Waals surface area contributed by atoms with E-state index < -0.39 is 0 Å². The molecule has 7 nitrogen and oxygen atoms in total. The third-order valence-electron chi connectivity index (χ3n) is 6.53. The van der Waals surface area contributed by atoms with Crippen LogP contribution in [0.25, 0.3) is 27.5 Å². The van der Waals surface area contributed by atoms with Crippen molar-refractivity contribution in [1.82, 2.24) is 19.7 Å². The van der Waals surface area contributed by atoms with Gasteiger partial charge >= 0.3 is 0 Å². The highest BCUT2D eigenvalue weighted by atomic mass is 19.1. The highest BCUT2D eigenvalue weighted by molar-refractivity contribution is 5.96. The fourth-order valence-corrected chi connectivity index (χ4v) is 4.47. The highest BCUT2D eigenvalue weighted by Crippen LogP contribution is 2.32. The van der Waals surface area contributed by atoms with Crippen LogP contribution in [0.15, 0.2) is 83.3 Å². The second-order valence-corrected chi connectivity index (χ2v) is 10.7. The maximum absolute atomic E-state index is 14.2. The molecule has 6 aromatic rings. The average Bonchev–Trinajstić information content (AvgIpc) is 3.52. The van der Waals surface area contributed by atoms with Crippen molar-refractivity contribution in [3.05, 3.63) is 102 Å². The van der Waals surface area contributed by atoms with Gasteiger partial charge in [-0.05, 0) is 60.2 Å². The van der Waals surface area contributed by atoms with E-state index in [0.717, 1.165) is 39.0 Å². The Balaban J connectivity index is 1.47. The summed E-state index contributed by atoms with van der Waals surface area (Å²) >= 11 is 0. The number of benzene rings is 3. The fourth-order valence-electron chi connectivity index (χ4n) is 4.47. The van der Waals surface area contributed by atoms with Crippen molar-refractivity contribution in [2.24, 2.45) is 0 Å². The lowest BCUT2D eigenvalue weighted by Crippen LogP contribution is -2.12. The molecule has 0 spiro atoms. The van der Waals surface area contributed by atoms with Crippen molar-refractivity contribution in [2.75, 3.05) is 10.6 Å². The van der Waals surface area contributed by atoms with Gasteiger partial charge in [0.2, 0.25) is 0 Å². The molecule has 3 aromatic heterocycles. The van der Waals surface area contributed by atoms with Crippen LogP contribution < -0.4 is 10.6 Å². The molecule has 196 valence electrons. The summed E-state index contributed by atoms with van der Waals surface area (Å²) in [4.78, 5) is 9.93. The summed E-state index contributed by atoms with van der Waals surface area (Å²) in [5.74, 6) is 3.04. The first-order chi connectivity index (χ1) is 18.7. The van der Waals surface area contributed by atoms with E-state index >= 15 is 0 Å². The van der Waals surface area contributed by atoms with Gasteiger partial charge in [0, 0.05) is 11.5 Å². The monoisotopic (exact) mass is 520 g/mol. The van der Waals surface area contributed by atoms with Crippen LogP contribution in [0.4, 0.5) is 21.8 Å². The molecular formula is C31H29FN6O. The Labute approximate surface area is 225 Å². The van der Waals surface area contributed by atoms with Crippen LogP contribution in [0, 0.1) is 12.7 Å². The molecule has 6 rings (SSSR count). The molecule has 0 saturated heterocycles. The minimum atomic E-state index is -0.334. The average molecular weight is 521 g/mol. The molecule has 39 heavy (non-hydrogen) atoms. The lowest BCUT2D eigenvalue weighted by atomic mass is 9.92. The molecule has 0 aliphatic heterocycles. The van der Waals surface area contributed by atoms with Crippen LogP contribution in [0.2, 0.25) is 0 Å². The molecule has 8 heteroatoms. The molecule has 0 atom stereocenters. The van der Waals surface area contributed by atoms with E-state index in [0.29, 0.717) is 29.7 Å². The van der Waals surface area contributed by atoms with Gasteiger partial charge in [0.15, 0.2) is 11.6 Å². The van der Waals surface area contributed by atoms with Crippen molar-refractivity contribution in [2.45, 2.75) is 39.7 Å². The minimum absolute atomic E-state index is 0.221. The van der Waals surface area contributed by atoms with Crippen LogP contribution in [0.1, 0.15) is 38.0 Å². The van der Waals surface area contributed by atoms with Crippen LogP contribution in [-0.4, -0.2) is 19.7 Å². The van der Waals surface area contributed by atoms with Gasteiger partial charge in [0.1, 0.15) is 23.2 Å². The van der Waals surface area contributed by atoms with Crippen molar-refractivity contribution in [3.8, 4) is 5.69 Å². The predicted octanol–water partition coefficient (Wildman–Crippen LogP) is 7.66. The van der Waals surface area contributed by atoms with Gasteiger partial charge in [-0.15, -0.1) is 0 Å². The van der Waals surface area contributed by atoms with E-state index in [9.17, 15) is 4.39 Å². The lowest BCUT2D eigenvalue weighted by Gasteiger charge is -2.14. The Hall–Kier alpha value is -4.72. The number of halogens is 1. The van der Waals surface area contributed by atoms with Gasteiger partial charge in [-0.1, -0.05) is 51.1 Å². The third-order valence-corrected chi connectivity index (χ3v) is 6.53. The van der Waals surface area contributed by atoms with E-state index in [2.05, 4.69) is 43.5 Å². The number of aromatic nitrogens is 4. The predicted molar refractivity (Wildman–Crippen MR) is 153 cm³/mol. The van der Waals surface area contributed by atoms with Crippen LogP contribution in [0.3, 0.4) is 0 Å². The summed E-state index contributed by atoms with van der Waals surface area (Å²) in [5, 5.41) is 13.8. The number of rotatable bonds is 6. The largest absolute Gasteiger partial charge is 0.465 e. The zero-order valence-electron chi connectivity index (χ0n) is 22.3. The maximum Gasteiger partial charge on any atom is 0.175 e. The van der Waals surface area contributed by atoms with Gasteiger partial charge in [-0.2, -0.15) is 5.10 Å². The maximum atomic E-state index is 14.2. The molecule has 0 saturated carbocycles. The van der Waals surface area contributed by atoms with Crippen LogP contribution in [0.5, 0.6) is 0 Å². The quantitative estimate of drug-likeness (QED) is 0.219. The van der Waals surface area contributed by atoms with E-state index in [-0.39, 0.29) is 11.2 Å². The Morgan fingerprint density at radius 1 is 0.846 bits per heavy atom. The normalized spacial score (nSPS) is 11.8. The number of hydrogen-bond acceptors (Lipinski definition) is 6.